The molecule has 54 valence electrons. The molecule has 3 atom stereocenters. The summed E-state index contributed by atoms with van der Waals surface area (Å²) in [6.45, 7) is 0.193. The highest BCUT2D eigenvalue weighted by Gasteiger charge is 2.33. The highest BCUT2D eigenvalue weighted by molar-refractivity contribution is 6.18. The number of ether oxygens (including phenoxy) is 1. The van der Waals surface area contributed by atoms with Gasteiger partial charge in [0.1, 0.15) is 12.2 Å². The number of hydrogen-bond donors (Lipinski definition) is 2. The van der Waals surface area contributed by atoms with E-state index in [0.29, 0.717) is 0 Å². The number of alkyl halides is 1. The normalized spacial score (nSPS) is 43.7. The van der Waals surface area contributed by atoms with E-state index in [1.165, 1.54) is 0 Å². The maximum atomic E-state index is 9.00. The lowest BCUT2D eigenvalue weighted by Crippen LogP contribution is -2.30. The van der Waals surface area contributed by atoms with Gasteiger partial charge in [0.05, 0.1) is 18.6 Å². The monoisotopic (exact) mass is 152 g/mol. The van der Waals surface area contributed by atoms with E-state index in [1.54, 1.807) is 0 Å². The summed E-state index contributed by atoms with van der Waals surface area (Å²) < 4.78 is 4.89. The Morgan fingerprint density at radius 1 is 1.56 bits per heavy atom. The average Bonchev–Trinajstić information content (AvgIpc) is 2.15. The summed E-state index contributed by atoms with van der Waals surface area (Å²) >= 11 is 5.37. The Morgan fingerprint density at radius 2 is 2.22 bits per heavy atom. The van der Waals surface area contributed by atoms with Gasteiger partial charge >= 0.3 is 0 Å². The predicted molar refractivity (Wildman–Crippen MR) is 32.5 cm³/mol. The molecule has 1 heterocycles. The molecule has 0 aliphatic carbocycles. The molecule has 0 aromatic carbocycles. The van der Waals surface area contributed by atoms with E-state index < -0.39 is 12.2 Å². The van der Waals surface area contributed by atoms with Crippen molar-refractivity contribution >= 4 is 11.6 Å². The van der Waals surface area contributed by atoms with Gasteiger partial charge in [0, 0.05) is 0 Å². The third-order valence-corrected chi connectivity index (χ3v) is 1.71. The van der Waals surface area contributed by atoms with Gasteiger partial charge in [-0.2, -0.15) is 0 Å². The van der Waals surface area contributed by atoms with Crippen LogP contribution in [-0.2, 0) is 4.74 Å². The first kappa shape index (κ1) is 7.28. The molecule has 0 aromatic heterocycles. The molecule has 0 radical (unpaired) electrons. The lowest BCUT2D eigenvalue weighted by atomic mass is 10.2. The van der Waals surface area contributed by atoms with Gasteiger partial charge in [0.15, 0.2) is 0 Å². The number of aliphatic hydroxyl groups is 2. The van der Waals surface area contributed by atoms with Crippen LogP contribution < -0.4 is 0 Å². The Labute approximate surface area is 58.2 Å². The largest absolute Gasteiger partial charge is 0.388 e. The van der Waals surface area contributed by atoms with Gasteiger partial charge in [0.25, 0.3) is 0 Å². The van der Waals surface area contributed by atoms with Gasteiger partial charge in [0.2, 0.25) is 0 Å². The summed E-state index contributed by atoms with van der Waals surface area (Å²) in [6, 6.07) is 0. The quantitative estimate of drug-likeness (QED) is 0.491. The zero-order valence-electron chi connectivity index (χ0n) is 4.83. The fraction of sp³-hybridized carbons (Fsp3) is 1.00. The van der Waals surface area contributed by atoms with Gasteiger partial charge < -0.3 is 14.9 Å². The molecular formula is C5H9ClO3. The standard InChI is InChI=1S/C5H9ClO3/c6-1-4-5(8)3(7)2-9-4/h3-5,7-8H,1-2H2/t3-,4-,5+/m1/s1. The van der Waals surface area contributed by atoms with Crippen molar-refractivity contribution in [2.24, 2.45) is 0 Å². The van der Waals surface area contributed by atoms with Crippen LogP contribution in [0.4, 0.5) is 0 Å². The van der Waals surface area contributed by atoms with Crippen LogP contribution in [0.2, 0.25) is 0 Å². The Hall–Kier alpha value is 0.170. The number of halogens is 1. The molecule has 0 unspecified atom stereocenters. The molecule has 0 bridgehead atoms. The summed E-state index contributed by atoms with van der Waals surface area (Å²) in [6.07, 6.45) is -1.95. The van der Waals surface area contributed by atoms with Crippen molar-refractivity contribution in [3.8, 4) is 0 Å². The molecule has 0 spiro atoms. The minimum atomic E-state index is -0.803. The molecule has 1 aliphatic rings. The predicted octanol–water partition coefficient (Wildman–Crippen LogP) is -0.654. The topological polar surface area (TPSA) is 49.7 Å². The highest BCUT2D eigenvalue weighted by Crippen LogP contribution is 2.14. The minimum Gasteiger partial charge on any atom is -0.388 e. The molecule has 0 saturated carbocycles. The molecule has 1 saturated heterocycles. The first-order valence-corrected chi connectivity index (χ1v) is 3.33. The van der Waals surface area contributed by atoms with Crippen LogP contribution in [0.25, 0.3) is 0 Å². The average molecular weight is 153 g/mol. The van der Waals surface area contributed by atoms with Crippen molar-refractivity contribution in [1.82, 2.24) is 0 Å². The summed E-state index contributed by atoms with van der Waals surface area (Å²) in [4.78, 5) is 0. The first-order chi connectivity index (χ1) is 4.25. The molecule has 1 rings (SSSR count). The van der Waals surface area contributed by atoms with Crippen molar-refractivity contribution in [2.45, 2.75) is 18.3 Å². The lowest BCUT2D eigenvalue weighted by molar-refractivity contribution is 0.0332. The SMILES string of the molecule is O[C@H]1[C@H](O)CO[C@@H]1CCl. The van der Waals surface area contributed by atoms with Crippen LogP contribution in [0.3, 0.4) is 0 Å². The van der Waals surface area contributed by atoms with Crippen LogP contribution in [0, 0.1) is 0 Å². The summed E-state index contributed by atoms with van der Waals surface area (Å²) in [7, 11) is 0. The van der Waals surface area contributed by atoms with Crippen LogP contribution in [-0.4, -0.2) is 41.0 Å². The van der Waals surface area contributed by atoms with Crippen molar-refractivity contribution in [1.29, 1.82) is 0 Å². The molecule has 4 heteroatoms. The van der Waals surface area contributed by atoms with Gasteiger partial charge in [-0.25, -0.2) is 0 Å². The fourth-order valence-corrected chi connectivity index (χ4v) is 1.07. The summed E-state index contributed by atoms with van der Waals surface area (Å²) in [5.41, 5.74) is 0. The second-order valence-corrected chi connectivity index (χ2v) is 2.39. The van der Waals surface area contributed by atoms with E-state index >= 15 is 0 Å². The van der Waals surface area contributed by atoms with E-state index in [9.17, 15) is 0 Å². The zero-order valence-corrected chi connectivity index (χ0v) is 5.58. The molecular weight excluding hydrogens is 144 g/mol. The Balaban J connectivity index is 2.41. The molecule has 0 amide bonds. The molecule has 1 fully saturated rings. The Kier molecular flexibility index (Phi) is 2.29. The summed E-state index contributed by atoms with van der Waals surface area (Å²) in [5, 5.41) is 17.9. The van der Waals surface area contributed by atoms with E-state index in [0.717, 1.165) is 0 Å². The van der Waals surface area contributed by atoms with Crippen LogP contribution in [0.1, 0.15) is 0 Å². The molecule has 9 heavy (non-hydrogen) atoms. The number of rotatable bonds is 1. The lowest BCUT2D eigenvalue weighted by Gasteiger charge is -2.09. The maximum Gasteiger partial charge on any atom is 0.109 e. The second-order valence-electron chi connectivity index (χ2n) is 2.08. The smallest absolute Gasteiger partial charge is 0.109 e. The minimum absolute atomic E-state index is 0.193. The van der Waals surface area contributed by atoms with Crippen LogP contribution >= 0.6 is 11.6 Å². The molecule has 2 N–H and O–H groups in total. The third kappa shape index (κ3) is 1.35. The maximum absolute atomic E-state index is 9.00. The number of aliphatic hydroxyl groups excluding tert-OH is 2. The van der Waals surface area contributed by atoms with Gasteiger partial charge in [-0.1, -0.05) is 0 Å². The van der Waals surface area contributed by atoms with E-state index in [-0.39, 0.29) is 18.6 Å². The Morgan fingerprint density at radius 3 is 2.44 bits per heavy atom. The molecule has 0 aromatic rings. The van der Waals surface area contributed by atoms with Crippen molar-refractivity contribution in [2.75, 3.05) is 12.5 Å². The van der Waals surface area contributed by atoms with Crippen LogP contribution in [0.5, 0.6) is 0 Å². The van der Waals surface area contributed by atoms with Gasteiger partial charge in [-0.05, 0) is 0 Å². The van der Waals surface area contributed by atoms with E-state index in [1.807, 2.05) is 0 Å². The summed E-state index contributed by atoms with van der Waals surface area (Å²) in [5.74, 6) is 0.234. The van der Waals surface area contributed by atoms with Gasteiger partial charge in [-0.3, -0.25) is 0 Å². The first-order valence-electron chi connectivity index (χ1n) is 2.79. The van der Waals surface area contributed by atoms with Crippen molar-refractivity contribution in [3.05, 3.63) is 0 Å². The van der Waals surface area contributed by atoms with Gasteiger partial charge in [-0.15, -0.1) is 11.6 Å². The van der Waals surface area contributed by atoms with Crippen LogP contribution in [0.15, 0.2) is 0 Å². The van der Waals surface area contributed by atoms with Crippen molar-refractivity contribution in [3.63, 3.8) is 0 Å². The molecule has 3 nitrogen and oxygen atoms in total. The third-order valence-electron chi connectivity index (χ3n) is 1.41. The molecule has 1 aliphatic heterocycles. The number of hydrogen-bond acceptors (Lipinski definition) is 3. The van der Waals surface area contributed by atoms with E-state index in [4.69, 9.17) is 26.6 Å². The van der Waals surface area contributed by atoms with Crippen molar-refractivity contribution < 1.29 is 14.9 Å². The fourth-order valence-electron chi connectivity index (χ4n) is 0.803. The van der Waals surface area contributed by atoms with E-state index in [2.05, 4.69) is 0 Å². The zero-order chi connectivity index (χ0) is 6.85. The second kappa shape index (κ2) is 2.84. The highest BCUT2D eigenvalue weighted by atomic mass is 35.5. The Bertz CT molecular complexity index is 98.2.